The van der Waals surface area contributed by atoms with Crippen molar-refractivity contribution < 1.29 is 0 Å². The third kappa shape index (κ3) is 3.10. The molecular weight excluding hydrogens is 316 g/mol. The van der Waals surface area contributed by atoms with Crippen molar-refractivity contribution in [2.75, 3.05) is 5.84 Å². The Morgan fingerprint density at radius 2 is 1.86 bits per heavy atom. The van der Waals surface area contributed by atoms with Crippen molar-refractivity contribution in [1.82, 2.24) is 14.9 Å². The maximum Gasteiger partial charge on any atom is 0.210 e. The monoisotopic (exact) mass is 330 g/mol. The van der Waals surface area contributed by atoms with Crippen molar-refractivity contribution >= 4 is 23.4 Å². The number of halogens is 1. The van der Waals surface area contributed by atoms with Crippen LogP contribution in [0.3, 0.4) is 0 Å². The van der Waals surface area contributed by atoms with Crippen molar-refractivity contribution in [2.45, 2.75) is 17.3 Å². The zero-order valence-electron chi connectivity index (χ0n) is 12.0. The average Bonchev–Trinajstić information content (AvgIpc) is 2.89. The minimum absolute atomic E-state index is 0.236. The number of thioether (sulfide) groups is 1. The Labute approximate surface area is 138 Å². The van der Waals surface area contributed by atoms with Crippen molar-refractivity contribution in [3.8, 4) is 11.4 Å². The largest absolute Gasteiger partial charge is 0.335 e. The lowest BCUT2D eigenvalue weighted by atomic mass is 10.2. The number of hydrogen-bond donors (Lipinski definition) is 1. The van der Waals surface area contributed by atoms with Crippen LogP contribution in [0.2, 0.25) is 5.02 Å². The number of aromatic nitrogens is 3. The van der Waals surface area contributed by atoms with E-state index in [0.29, 0.717) is 16.0 Å². The summed E-state index contributed by atoms with van der Waals surface area (Å²) in [6, 6.07) is 17.6. The van der Waals surface area contributed by atoms with Gasteiger partial charge < -0.3 is 5.84 Å². The predicted molar refractivity (Wildman–Crippen MR) is 91.3 cm³/mol. The van der Waals surface area contributed by atoms with Crippen molar-refractivity contribution in [3.63, 3.8) is 0 Å². The lowest BCUT2D eigenvalue weighted by Gasteiger charge is -2.10. The van der Waals surface area contributed by atoms with E-state index >= 15 is 0 Å². The highest BCUT2D eigenvalue weighted by Crippen LogP contribution is 2.34. The summed E-state index contributed by atoms with van der Waals surface area (Å²) in [5, 5.41) is 9.93. The highest BCUT2D eigenvalue weighted by molar-refractivity contribution is 7.99. The van der Waals surface area contributed by atoms with Gasteiger partial charge in [-0.15, -0.1) is 10.2 Å². The summed E-state index contributed by atoms with van der Waals surface area (Å²) in [5.74, 6) is 6.74. The summed E-state index contributed by atoms with van der Waals surface area (Å²) >= 11 is 7.59. The standard InChI is InChI=1S/C16H15ClN4S/c1-11(12-6-3-2-4-7-12)22-16-20-19-15(21(16)18)13-8-5-9-14(17)10-13/h2-11H,18H2,1H3/t11-/m0/s1. The predicted octanol–water partition coefficient (Wildman–Crippen LogP) is 4.17. The zero-order chi connectivity index (χ0) is 15.5. The maximum atomic E-state index is 6.14. The van der Waals surface area contributed by atoms with Gasteiger partial charge >= 0.3 is 0 Å². The second-order valence-electron chi connectivity index (χ2n) is 4.86. The molecular formula is C16H15ClN4S. The van der Waals surface area contributed by atoms with E-state index < -0.39 is 0 Å². The first kappa shape index (κ1) is 14.9. The molecule has 3 rings (SSSR count). The first-order valence-corrected chi connectivity index (χ1v) is 8.09. The summed E-state index contributed by atoms with van der Waals surface area (Å²) in [4.78, 5) is 0. The van der Waals surface area contributed by atoms with Gasteiger partial charge in [-0.05, 0) is 24.6 Å². The topological polar surface area (TPSA) is 56.7 Å². The van der Waals surface area contributed by atoms with Crippen LogP contribution in [-0.4, -0.2) is 14.9 Å². The van der Waals surface area contributed by atoms with E-state index in [4.69, 9.17) is 17.4 Å². The molecule has 2 N–H and O–H groups in total. The van der Waals surface area contributed by atoms with E-state index in [1.165, 1.54) is 10.2 Å². The molecule has 0 aliphatic carbocycles. The molecule has 0 aliphatic rings. The number of hydrogen-bond acceptors (Lipinski definition) is 4. The number of nitrogens with two attached hydrogens (primary N) is 1. The van der Waals surface area contributed by atoms with E-state index in [0.717, 1.165) is 5.56 Å². The molecule has 1 heterocycles. The van der Waals surface area contributed by atoms with Crippen LogP contribution in [0.25, 0.3) is 11.4 Å². The molecule has 0 spiro atoms. The molecule has 0 bridgehead atoms. The minimum Gasteiger partial charge on any atom is -0.335 e. The first-order valence-electron chi connectivity index (χ1n) is 6.83. The molecule has 1 atom stereocenters. The number of nitrogen functional groups attached to an aromatic ring is 1. The second kappa shape index (κ2) is 6.42. The fourth-order valence-corrected chi connectivity index (χ4v) is 3.22. The Bertz CT molecular complexity index is 773. The Hall–Kier alpha value is -1.98. The van der Waals surface area contributed by atoms with Gasteiger partial charge in [-0.2, -0.15) is 0 Å². The van der Waals surface area contributed by atoms with Crippen molar-refractivity contribution in [3.05, 3.63) is 65.2 Å². The lowest BCUT2D eigenvalue weighted by molar-refractivity contribution is 0.844. The average molecular weight is 331 g/mol. The van der Waals surface area contributed by atoms with Gasteiger partial charge in [0.2, 0.25) is 5.16 Å². The summed E-state index contributed by atoms with van der Waals surface area (Å²) in [5.41, 5.74) is 2.07. The first-order chi connectivity index (χ1) is 10.6. The van der Waals surface area contributed by atoms with Gasteiger partial charge in [0, 0.05) is 15.8 Å². The van der Waals surface area contributed by atoms with Crippen molar-refractivity contribution in [1.29, 1.82) is 0 Å². The molecule has 0 saturated carbocycles. The lowest BCUT2D eigenvalue weighted by Crippen LogP contribution is -2.12. The molecule has 1 aromatic heterocycles. The van der Waals surface area contributed by atoms with E-state index in [9.17, 15) is 0 Å². The maximum absolute atomic E-state index is 6.14. The SMILES string of the molecule is C[C@H](Sc1nnc(-c2cccc(Cl)c2)n1N)c1ccccc1. The highest BCUT2D eigenvalue weighted by atomic mass is 35.5. The van der Waals surface area contributed by atoms with Crippen molar-refractivity contribution in [2.24, 2.45) is 0 Å². The fourth-order valence-electron chi connectivity index (χ4n) is 2.13. The van der Waals surface area contributed by atoms with Crippen LogP contribution in [0, 0.1) is 0 Å². The van der Waals surface area contributed by atoms with Crippen LogP contribution in [0.1, 0.15) is 17.7 Å². The molecule has 0 fully saturated rings. The zero-order valence-corrected chi connectivity index (χ0v) is 13.6. The summed E-state index contributed by atoms with van der Waals surface area (Å²) in [6.45, 7) is 2.12. The number of rotatable bonds is 4. The Kier molecular flexibility index (Phi) is 4.36. The van der Waals surface area contributed by atoms with Gasteiger partial charge in [0.25, 0.3) is 0 Å². The molecule has 3 aromatic rings. The van der Waals surface area contributed by atoms with Crippen LogP contribution in [0.15, 0.2) is 59.8 Å². The van der Waals surface area contributed by atoms with Crippen LogP contribution in [0.5, 0.6) is 0 Å². The van der Waals surface area contributed by atoms with Gasteiger partial charge in [-0.3, -0.25) is 0 Å². The molecule has 4 nitrogen and oxygen atoms in total. The molecule has 0 amide bonds. The van der Waals surface area contributed by atoms with Gasteiger partial charge in [0.1, 0.15) is 0 Å². The van der Waals surface area contributed by atoms with Crippen LogP contribution in [-0.2, 0) is 0 Å². The van der Waals surface area contributed by atoms with Crippen LogP contribution < -0.4 is 5.84 Å². The smallest absolute Gasteiger partial charge is 0.210 e. The van der Waals surface area contributed by atoms with E-state index in [1.807, 2.05) is 42.5 Å². The molecule has 6 heteroatoms. The Balaban J connectivity index is 1.85. The molecule has 0 radical (unpaired) electrons. The van der Waals surface area contributed by atoms with E-state index in [2.05, 4.69) is 29.3 Å². The quantitative estimate of drug-likeness (QED) is 0.576. The fraction of sp³-hybridized carbons (Fsp3) is 0.125. The minimum atomic E-state index is 0.236. The van der Waals surface area contributed by atoms with Gasteiger partial charge in [-0.25, -0.2) is 4.68 Å². The molecule has 22 heavy (non-hydrogen) atoms. The molecule has 0 aliphatic heterocycles. The number of nitrogens with zero attached hydrogens (tertiary/aromatic N) is 3. The second-order valence-corrected chi connectivity index (χ2v) is 6.60. The Morgan fingerprint density at radius 3 is 2.59 bits per heavy atom. The van der Waals surface area contributed by atoms with Gasteiger partial charge in [-0.1, -0.05) is 65.8 Å². The summed E-state index contributed by atoms with van der Waals surface area (Å²) in [7, 11) is 0. The molecule has 112 valence electrons. The van der Waals surface area contributed by atoms with E-state index in [1.54, 1.807) is 11.8 Å². The Morgan fingerprint density at radius 1 is 1.09 bits per heavy atom. The third-order valence-corrected chi connectivity index (χ3v) is 4.65. The molecule has 2 aromatic carbocycles. The van der Waals surface area contributed by atoms with E-state index in [-0.39, 0.29) is 5.25 Å². The van der Waals surface area contributed by atoms with Crippen LogP contribution >= 0.6 is 23.4 Å². The van der Waals surface area contributed by atoms with Gasteiger partial charge in [0.05, 0.1) is 0 Å². The summed E-state index contributed by atoms with van der Waals surface area (Å²) in [6.07, 6.45) is 0. The summed E-state index contributed by atoms with van der Waals surface area (Å²) < 4.78 is 1.51. The van der Waals surface area contributed by atoms with Gasteiger partial charge in [0.15, 0.2) is 5.82 Å². The number of benzene rings is 2. The highest BCUT2D eigenvalue weighted by Gasteiger charge is 2.16. The molecule has 0 unspecified atom stereocenters. The van der Waals surface area contributed by atoms with Crippen LogP contribution in [0.4, 0.5) is 0 Å². The normalized spacial score (nSPS) is 12.3. The molecule has 0 saturated heterocycles. The third-order valence-electron chi connectivity index (χ3n) is 3.30.